The lowest BCUT2D eigenvalue weighted by Crippen LogP contribution is -2.57. The fourth-order valence-corrected chi connectivity index (χ4v) is 7.05. The molecule has 0 saturated carbocycles. The quantitative estimate of drug-likeness (QED) is 0.187. The zero-order valence-corrected chi connectivity index (χ0v) is 23.9. The molecule has 10 atom stereocenters. The van der Waals surface area contributed by atoms with Crippen LogP contribution in [-0.2, 0) is 15.9 Å². The van der Waals surface area contributed by atoms with Crippen LogP contribution in [0.1, 0.15) is 29.0 Å². The van der Waals surface area contributed by atoms with Gasteiger partial charge in [0.2, 0.25) is 0 Å². The first kappa shape index (κ1) is 32.1. The Labute approximate surface area is 243 Å². The minimum Gasteiger partial charge on any atom is -0.496 e. The smallest absolute Gasteiger partial charge is 0.130 e. The van der Waals surface area contributed by atoms with E-state index >= 15 is 0 Å². The summed E-state index contributed by atoms with van der Waals surface area (Å²) in [6.45, 7) is 0.668. The van der Waals surface area contributed by atoms with Crippen LogP contribution in [0.25, 0.3) is 9.40 Å². The van der Waals surface area contributed by atoms with E-state index in [1.807, 2.05) is 17.5 Å². The van der Waals surface area contributed by atoms with E-state index in [9.17, 15) is 40.1 Å². The summed E-state index contributed by atoms with van der Waals surface area (Å²) in [6, 6.07) is 6.83. The maximum Gasteiger partial charge on any atom is 0.130 e. The lowest BCUT2D eigenvalue weighted by atomic mass is 9.89. The number of aliphatic hydroxyl groups is 8. The molecule has 5 rings (SSSR count). The number of ether oxygens (including phenoxy) is 3. The zero-order valence-electron chi connectivity index (χ0n) is 22.3. The van der Waals surface area contributed by atoms with E-state index in [0.717, 1.165) is 14.3 Å². The van der Waals surface area contributed by atoms with Crippen molar-refractivity contribution in [3.8, 4) is 5.75 Å². The molecule has 0 spiro atoms. The number of benzene rings is 1. The van der Waals surface area contributed by atoms with E-state index in [2.05, 4.69) is 0 Å². The molecule has 41 heavy (non-hydrogen) atoms. The fraction of sp³-hybridized carbons (Fsp3) is 0.556. The molecule has 2 aliphatic rings. The minimum atomic E-state index is -1.52. The number of fused-ring (bicyclic) bond motifs is 1. The molecule has 228 valence electrons. The summed E-state index contributed by atoms with van der Waals surface area (Å²) in [7, 11) is 1.37. The first-order chi connectivity index (χ1) is 19.5. The van der Waals surface area contributed by atoms with Gasteiger partial charge in [-0.3, -0.25) is 0 Å². The first-order valence-corrected chi connectivity index (χ1v) is 14.6. The third-order valence-electron chi connectivity index (χ3n) is 7.28. The number of hydrogen-bond acceptors (Lipinski definition) is 13. The predicted octanol–water partition coefficient (Wildman–Crippen LogP) is 0.0649. The second-order valence-corrected chi connectivity index (χ2v) is 12.1. The molecular weight excluding hydrogens is 583 g/mol. The van der Waals surface area contributed by atoms with Gasteiger partial charge in [0.1, 0.15) is 66.5 Å². The largest absolute Gasteiger partial charge is 0.496 e. The normalized spacial score (nSPS) is 33.8. The van der Waals surface area contributed by atoms with Gasteiger partial charge in [0.25, 0.3) is 0 Å². The highest BCUT2D eigenvalue weighted by molar-refractivity contribution is 7.26. The van der Waals surface area contributed by atoms with E-state index in [4.69, 9.17) is 19.3 Å². The number of methoxy groups -OCH3 is 1. The van der Waals surface area contributed by atoms with Crippen LogP contribution in [0, 0.1) is 5.82 Å². The van der Waals surface area contributed by atoms with Crippen molar-refractivity contribution in [3.05, 3.63) is 51.5 Å². The maximum absolute atomic E-state index is 14.7. The second-order valence-electron chi connectivity index (χ2n) is 10.0. The molecule has 2 saturated heterocycles. The van der Waals surface area contributed by atoms with Crippen LogP contribution in [0.15, 0.2) is 29.6 Å². The molecular formula is C27H35FO11S2. The van der Waals surface area contributed by atoms with Crippen molar-refractivity contribution in [2.24, 2.45) is 0 Å². The van der Waals surface area contributed by atoms with E-state index in [1.54, 1.807) is 35.7 Å². The van der Waals surface area contributed by atoms with E-state index in [1.165, 1.54) is 13.2 Å². The average molecular weight is 619 g/mol. The van der Waals surface area contributed by atoms with Crippen LogP contribution in [0.3, 0.4) is 0 Å². The van der Waals surface area contributed by atoms with Crippen LogP contribution in [0.5, 0.6) is 5.75 Å². The Kier molecular flexibility index (Phi) is 10.7. The summed E-state index contributed by atoms with van der Waals surface area (Å²) >= 11 is 3.22. The summed E-state index contributed by atoms with van der Waals surface area (Å²) < 4.78 is 32.9. The van der Waals surface area contributed by atoms with Gasteiger partial charge in [0, 0.05) is 32.3 Å². The Morgan fingerprint density at radius 2 is 1.46 bits per heavy atom. The Balaban J connectivity index is 0.000000271. The highest BCUT2D eigenvalue weighted by Crippen LogP contribution is 2.39. The van der Waals surface area contributed by atoms with Crippen LogP contribution in [-0.4, -0.2) is 116 Å². The lowest BCUT2D eigenvalue weighted by molar-refractivity contribution is -0.232. The maximum atomic E-state index is 14.7. The Bertz CT molecular complexity index is 1250. The van der Waals surface area contributed by atoms with Crippen molar-refractivity contribution in [2.75, 3.05) is 20.3 Å². The molecule has 0 amide bonds. The summed E-state index contributed by atoms with van der Waals surface area (Å²) in [6.07, 6.45) is -11.2. The summed E-state index contributed by atoms with van der Waals surface area (Å²) in [5.41, 5.74) is 0.742. The van der Waals surface area contributed by atoms with Gasteiger partial charge in [-0.1, -0.05) is 0 Å². The van der Waals surface area contributed by atoms with Gasteiger partial charge in [-0.2, -0.15) is 0 Å². The number of aliphatic hydroxyl groups excluding tert-OH is 8. The Hall–Kier alpha value is -1.79. The van der Waals surface area contributed by atoms with Crippen molar-refractivity contribution in [3.63, 3.8) is 0 Å². The standard InChI is InChI=1S/C20H21FO6S2.C7H14O5/c1-26-13-7-12(21)9(4-10-6-16-15(29-10)2-3-28-16)5-11(13)20-19(25)18(24)17(23)14(8-22)27-20;1-3-5(9)7(11)6(10)4(2-8)12-3/h2-3,5-7,14,17-20,22-25H,4,8H2,1H3;3-11H,2H2,1H3/t14-,17-,18+,19-,20+;3-,4+,5-,6+,7+/m10/s1. The molecule has 4 heterocycles. The monoisotopic (exact) mass is 618 g/mol. The molecule has 2 aromatic heterocycles. The van der Waals surface area contributed by atoms with Crippen molar-refractivity contribution < 1.29 is 59.5 Å². The highest BCUT2D eigenvalue weighted by Gasteiger charge is 2.45. The van der Waals surface area contributed by atoms with Crippen molar-refractivity contribution >= 4 is 32.1 Å². The molecule has 2 fully saturated rings. The number of thiophene rings is 2. The molecule has 0 bridgehead atoms. The molecule has 0 aliphatic carbocycles. The first-order valence-electron chi connectivity index (χ1n) is 12.9. The number of hydrogen-bond donors (Lipinski definition) is 8. The van der Waals surface area contributed by atoms with Crippen LogP contribution < -0.4 is 4.74 Å². The number of rotatable bonds is 6. The van der Waals surface area contributed by atoms with Gasteiger partial charge in [0.15, 0.2) is 0 Å². The molecule has 1 aromatic carbocycles. The predicted molar refractivity (Wildman–Crippen MR) is 148 cm³/mol. The molecule has 0 radical (unpaired) electrons. The number of halogens is 1. The van der Waals surface area contributed by atoms with Crippen LogP contribution in [0.2, 0.25) is 0 Å². The third kappa shape index (κ3) is 6.74. The van der Waals surface area contributed by atoms with Gasteiger partial charge >= 0.3 is 0 Å². The molecule has 11 nitrogen and oxygen atoms in total. The van der Waals surface area contributed by atoms with Gasteiger partial charge in [-0.25, -0.2) is 4.39 Å². The molecule has 3 aromatic rings. The summed E-state index contributed by atoms with van der Waals surface area (Å²) in [5, 5.41) is 78.4. The lowest BCUT2D eigenvalue weighted by Gasteiger charge is -2.40. The van der Waals surface area contributed by atoms with Crippen molar-refractivity contribution in [1.29, 1.82) is 0 Å². The molecule has 2 aliphatic heterocycles. The van der Waals surface area contributed by atoms with E-state index in [-0.39, 0.29) is 12.4 Å². The Morgan fingerprint density at radius 3 is 2.07 bits per heavy atom. The highest BCUT2D eigenvalue weighted by atomic mass is 32.1. The average Bonchev–Trinajstić information content (AvgIpc) is 3.56. The topological polar surface area (TPSA) is 190 Å². The van der Waals surface area contributed by atoms with Gasteiger partial charge < -0.3 is 55.1 Å². The minimum absolute atomic E-state index is 0.155. The fourth-order valence-electron chi connectivity index (χ4n) is 4.89. The summed E-state index contributed by atoms with van der Waals surface area (Å²) in [4.78, 5) is 0.996. The summed E-state index contributed by atoms with van der Waals surface area (Å²) in [5.74, 6) is -0.297. The van der Waals surface area contributed by atoms with Gasteiger partial charge in [-0.15, -0.1) is 22.7 Å². The third-order valence-corrected chi connectivity index (χ3v) is 9.38. The van der Waals surface area contributed by atoms with Crippen molar-refractivity contribution in [1.82, 2.24) is 0 Å². The van der Waals surface area contributed by atoms with E-state index < -0.39 is 73.5 Å². The molecule has 14 heteroatoms. The van der Waals surface area contributed by atoms with Gasteiger partial charge in [-0.05, 0) is 36.1 Å². The van der Waals surface area contributed by atoms with Gasteiger partial charge in [0.05, 0.1) is 26.4 Å². The van der Waals surface area contributed by atoms with E-state index in [0.29, 0.717) is 17.5 Å². The van der Waals surface area contributed by atoms with Crippen LogP contribution >= 0.6 is 22.7 Å². The molecule has 8 N–H and O–H groups in total. The van der Waals surface area contributed by atoms with Crippen molar-refractivity contribution in [2.45, 2.75) is 74.4 Å². The van der Waals surface area contributed by atoms with Crippen LogP contribution in [0.4, 0.5) is 4.39 Å². The Morgan fingerprint density at radius 1 is 0.829 bits per heavy atom. The molecule has 0 unspecified atom stereocenters. The SMILES string of the molecule is COc1cc(F)c(Cc2cc3sccc3s2)cc1[C@@H]1O[C@H](CO)[C@@H](O)[C@H](O)[C@H]1O.C[C@@H]1O[C@H](CO)[C@@H](O)[C@H](O)[C@H]1O. The zero-order chi connectivity index (χ0) is 30.0. The second kappa shape index (κ2) is 13.7.